The Bertz CT molecular complexity index is 265. The van der Waals surface area contributed by atoms with E-state index in [1.54, 1.807) is 6.08 Å². The molecule has 0 saturated carbocycles. The van der Waals surface area contributed by atoms with Crippen LogP contribution in [0.1, 0.15) is 39.5 Å². The Morgan fingerprint density at radius 2 is 2.20 bits per heavy atom. The van der Waals surface area contributed by atoms with Gasteiger partial charge in [0.2, 0.25) is 5.91 Å². The van der Waals surface area contributed by atoms with Crippen LogP contribution < -0.4 is 5.32 Å². The Morgan fingerprint density at radius 3 is 2.67 bits per heavy atom. The minimum atomic E-state index is -0.373. The van der Waals surface area contributed by atoms with Crippen LogP contribution in [0.25, 0.3) is 0 Å². The van der Waals surface area contributed by atoms with Crippen LogP contribution in [0.3, 0.4) is 0 Å². The maximum absolute atomic E-state index is 11.5. The standard InChI is InChI=1S/C12H19NO2/c1-4-5-12(7-9(2)3)8-10(14)6-11(15)13-12/h4,9H,1,5-8H2,2-3H3,(H,13,15)/t12-/m0/s1. The third kappa shape index (κ3) is 3.18. The number of nitrogens with one attached hydrogen (secondary N) is 1. The smallest absolute Gasteiger partial charge is 0.227 e. The van der Waals surface area contributed by atoms with Gasteiger partial charge in [-0.2, -0.15) is 0 Å². The predicted octanol–water partition coefficient (Wildman–Crippen LogP) is 1.83. The maximum Gasteiger partial charge on any atom is 0.227 e. The van der Waals surface area contributed by atoms with Crippen LogP contribution >= 0.6 is 0 Å². The quantitative estimate of drug-likeness (QED) is 0.567. The summed E-state index contributed by atoms with van der Waals surface area (Å²) in [6, 6.07) is 0. The Hall–Kier alpha value is -1.12. The zero-order valence-corrected chi connectivity index (χ0v) is 9.51. The van der Waals surface area contributed by atoms with Crippen molar-refractivity contribution in [3.05, 3.63) is 12.7 Å². The van der Waals surface area contributed by atoms with E-state index in [0.717, 1.165) is 6.42 Å². The average molecular weight is 209 g/mol. The van der Waals surface area contributed by atoms with Crippen molar-refractivity contribution in [2.75, 3.05) is 0 Å². The number of carbonyl (C=O) groups is 2. The summed E-state index contributed by atoms with van der Waals surface area (Å²) in [4.78, 5) is 22.8. The molecule has 0 radical (unpaired) electrons. The van der Waals surface area contributed by atoms with Crippen LogP contribution in [0.15, 0.2) is 12.7 Å². The second-order valence-electron chi connectivity index (χ2n) is 4.81. The molecule has 0 spiro atoms. The zero-order valence-electron chi connectivity index (χ0n) is 9.51. The average Bonchev–Trinajstić information content (AvgIpc) is 1.99. The van der Waals surface area contributed by atoms with Crippen LogP contribution in [0, 0.1) is 5.92 Å². The predicted molar refractivity (Wildman–Crippen MR) is 59.4 cm³/mol. The van der Waals surface area contributed by atoms with E-state index in [4.69, 9.17) is 0 Å². The van der Waals surface area contributed by atoms with Gasteiger partial charge in [-0.15, -0.1) is 6.58 Å². The lowest BCUT2D eigenvalue weighted by Crippen LogP contribution is -2.54. The summed E-state index contributed by atoms with van der Waals surface area (Å²) in [7, 11) is 0. The first-order chi connectivity index (χ1) is 6.97. The highest BCUT2D eigenvalue weighted by molar-refractivity contribution is 6.01. The minimum absolute atomic E-state index is 0.0387. The largest absolute Gasteiger partial charge is 0.350 e. The normalized spacial score (nSPS) is 26.6. The molecule has 1 atom stereocenters. The molecule has 15 heavy (non-hydrogen) atoms. The van der Waals surface area contributed by atoms with E-state index in [9.17, 15) is 9.59 Å². The summed E-state index contributed by atoms with van der Waals surface area (Å²) >= 11 is 0. The third-order valence-corrected chi connectivity index (χ3v) is 2.63. The molecule has 0 aromatic rings. The highest BCUT2D eigenvalue weighted by Crippen LogP contribution is 2.28. The number of amides is 1. The van der Waals surface area contributed by atoms with Crippen molar-refractivity contribution in [1.82, 2.24) is 5.32 Å². The Morgan fingerprint density at radius 1 is 1.53 bits per heavy atom. The number of rotatable bonds is 4. The molecular formula is C12H19NO2. The van der Waals surface area contributed by atoms with E-state index in [2.05, 4.69) is 25.7 Å². The lowest BCUT2D eigenvalue weighted by atomic mass is 9.79. The van der Waals surface area contributed by atoms with Crippen molar-refractivity contribution in [2.24, 2.45) is 5.92 Å². The molecule has 0 bridgehead atoms. The molecule has 1 saturated heterocycles. The highest BCUT2D eigenvalue weighted by Gasteiger charge is 2.38. The van der Waals surface area contributed by atoms with E-state index in [-0.39, 0.29) is 23.7 Å². The molecule has 3 nitrogen and oxygen atoms in total. The number of hydrogen-bond acceptors (Lipinski definition) is 2. The topological polar surface area (TPSA) is 46.2 Å². The maximum atomic E-state index is 11.5. The van der Waals surface area contributed by atoms with Gasteiger partial charge in [0, 0.05) is 6.42 Å². The van der Waals surface area contributed by atoms with Crippen molar-refractivity contribution < 1.29 is 9.59 Å². The first kappa shape index (κ1) is 12.0. The van der Waals surface area contributed by atoms with Gasteiger partial charge in [0.05, 0.1) is 12.0 Å². The summed E-state index contributed by atoms with van der Waals surface area (Å²) in [6.07, 6.45) is 3.76. The van der Waals surface area contributed by atoms with Gasteiger partial charge in [-0.1, -0.05) is 19.9 Å². The molecule has 84 valence electrons. The van der Waals surface area contributed by atoms with Gasteiger partial charge in [0.25, 0.3) is 0 Å². The van der Waals surface area contributed by atoms with Crippen LogP contribution in [0.2, 0.25) is 0 Å². The van der Waals surface area contributed by atoms with E-state index in [0.29, 0.717) is 18.8 Å². The molecule has 0 aromatic carbocycles. The lowest BCUT2D eigenvalue weighted by molar-refractivity contribution is -0.134. The summed E-state index contributed by atoms with van der Waals surface area (Å²) < 4.78 is 0. The summed E-state index contributed by atoms with van der Waals surface area (Å²) in [5.41, 5.74) is -0.373. The molecule has 1 fully saturated rings. The van der Waals surface area contributed by atoms with Crippen molar-refractivity contribution in [1.29, 1.82) is 0 Å². The van der Waals surface area contributed by atoms with E-state index >= 15 is 0 Å². The van der Waals surface area contributed by atoms with Crippen LogP contribution in [0.4, 0.5) is 0 Å². The fourth-order valence-electron chi connectivity index (χ4n) is 2.39. The van der Waals surface area contributed by atoms with Crippen molar-refractivity contribution in [2.45, 2.75) is 45.1 Å². The summed E-state index contributed by atoms with van der Waals surface area (Å²) in [5.74, 6) is 0.353. The van der Waals surface area contributed by atoms with Gasteiger partial charge in [0.1, 0.15) is 5.78 Å². The van der Waals surface area contributed by atoms with E-state index < -0.39 is 0 Å². The molecular weight excluding hydrogens is 190 g/mol. The number of hydrogen-bond donors (Lipinski definition) is 1. The molecule has 3 heteroatoms. The number of carbonyl (C=O) groups excluding carboxylic acids is 2. The van der Waals surface area contributed by atoms with Crippen molar-refractivity contribution in [3.63, 3.8) is 0 Å². The third-order valence-electron chi connectivity index (χ3n) is 2.63. The summed E-state index contributed by atoms with van der Waals surface area (Å²) in [6.45, 7) is 7.88. The monoisotopic (exact) mass is 209 g/mol. The molecule has 0 unspecified atom stereocenters. The lowest BCUT2D eigenvalue weighted by Gasteiger charge is -2.38. The fourth-order valence-corrected chi connectivity index (χ4v) is 2.39. The highest BCUT2D eigenvalue weighted by atomic mass is 16.2. The molecule has 1 rings (SSSR count). The van der Waals surface area contributed by atoms with Crippen LogP contribution in [0.5, 0.6) is 0 Å². The minimum Gasteiger partial charge on any atom is -0.350 e. The van der Waals surface area contributed by atoms with Gasteiger partial charge in [-0.25, -0.2) is 0 Å². The van der Waals surface area contributed by atoms with Gasteiger partial charge in [-0.05, 0) is 18.8 Å². The van der Waals surface area contributed by atoms with E-state index in [1.165, 1.54) is 0 Å². The molecule has 1 N–H and O–H groups in total. The van der Waals surface area contributed by atoms with Gasteiger partial charge in [0.15, 0.2) is 0 Å². The molecule has 0 aromatic heterocycles. The van der Waals surface area contributed by atoms with Crippen molar-refractivity contribution >= 4 is 11.7 Å². The Balaban J connectivity index is 2.82. The second-order valence-corrected chi connectivity index (χ2v) is 4.81. The Labute approximate surface area is 90.9 Å². The first-order valence-corrected chi connectivity index (χ1v) is 5.41. The van der Waals surface area contributed by atoms with Crippen LogP contribution in [-0.2, 0) is 9.59 Å². The van der Waals surface area contributed by atoms with Gasteiger partial charge < -0.3 is 5.32 Å². The molecule has 1 heterocycles. The fraction of sp³-hybridized carbons (Fsp3) is 0.667. The van der Waals surface area contributed by atoms with Gasteiger partial charge >= 0.3 is 0 Å². The molecule has 1 aliphatic rings. The summed E-state index contributed by atoms with van der Waals surface area (Å²) in [5, 5.41) is 2.96. The number of Topliss-reactive ketones (excluding diaryl/α,β-unsaturated/α-hetero) is 1. The zero-order chi connectivity index (χ0) is 11.5. The SMILES string of the molecule is C=CC[C@]1(CC(C)C)CC(=O)CC(=O)N1. The van der Waals surface area contributed by atoms with Crippen molar-refractivity contribution in [3.8, 4) is 0 Å². The molecule has 0 aliphatic carbocycles. The molecule has 1 aliphatic heterocycles. The number of piperidine rings is 1. The number of ketones is 1. The van der Waals surface area contributed by atoms with E-state index in [1.807, 2.05) is 0 Å². The Kier molecular flexibility index (Phi) is 3.66. The molecule has 1 amide bonds. The second kappa shape index (κ2) is 4.60. The first-order valence-electron chi connectivity index (χ1n) is 5.41. The van der Waals surface area contributed by atoms with Gasteiger partial charge in [-0.3, -0.25) is 9.59 Å². The van der Waals surface area contributed by atoms with Crippen LogP contribution in [-0.4, -0.2) is 17.2 Å².